The van der Waals surface area contributed by atoms with Gasteiger partial charge in [-0.1, -0.05) is 43.3 Å². The maximum absolute atomic E-state index is 11.3. The normalized spacial score (nSPS) is 10.8. The van der Waals surface area contributed by atoms with Gasteiger partial charge in [0.05, 0.1) is 6.54 Å². The first-order valence-corrected chi connectivity index (χ1v) is 8.61. The van der Waals surface area contributed by atoms with Crippen LogP contribution < -0.4 is 16.4 Å². The van der Waals surface area contributed by atoms with Gasteiger partial charge in [-0.05, 0) is 42.2 Å². The molecule has 0 fully saturated rings. The average molecular weight is 466 g/mol. The first-order chi connectivity index (χ1) is 12.1. The molecule has 0 aromatic heterocycles. The summed E-state index contributed by atoms with van der Waals surface area (Å²) in [7, 11) is 0. The second kappa shape index (κ2) is 11.5. The molecular weight excluding hydrogens is 439 g/mol. The molecule has 2 aromatic carbocycles. The van der Waals surface area contributed by atoms with E-state index in [4.69, 9.17) is 5.73 Å². The fraction of sp³-hybridized carbons (Fsp3) is 0.300. The van der Waals surface area contributed by atoms with E-state index in [1.165, 1.54) is 11.1 Å². The predicted octanol–water partition coefficient (Wildman–Crippen LogP) is 3.22. The van der Waals surface area contributed by atoms with Gasteiger partial charge in [0.25, 0.3) is 0 Å². The van der Waals surface area contributed by atoms with Gasteiger partial charge >= 0.3 is 0 Å². The molecule has 4 N–H and O–H groups in total. The monoisotopic (exact) mass is 466 g/mol. The van der Waals surface area contributed by atoms with Crippen molar-refractivity contribution in [3.05, 3.63) is 70.8 Å². The lowest BCUT2D eigenvalue weighted by atomic mass is 10.1. The fourth-order valence-corrected chi connectivity index (χ4v) is 2.59. The Morgan fingerprint density at radius 3 is 2.42 bits per heavy atom. The Morgan fingerprint density at radius 2 is 1.77 bits per heavy atom. The van der Waals surface area contributed by atoms with Gasteiger partial charge in [-0.25, -0.2) is 4.99 Å². The lowest BCUT2D eigenvalue weighted by Gasteiger charge is -2.13. The van der Waals surface area contributed by atoms with Crippen LogP contribution in [-0.4, -0.2) is 18.4 Å². The van der Waals surface area contributed by atoms with E-state index in [0.29, 0.717) is 12.1 Å². The van der Waals surface area contributed by atoms with Crippen molar-refractivity contribution in [2.45, 2.75) is 33.4 Å². The van der Waals surface area contributed by atoms with Gasteiger partial charge in [0.1, 0.15) is 0 Å². The first-order valence-electron chi connectivity index (χ1n) is 8.61. The highest BCUT2D eigenvalue weighted by Crippen LogP contribution is 2.09. The molecule has 0 unspecified atom stereocenters. The molecule has 0 heterocycles. The summed E-state index contributed by atoms with van der Waals surface area (Å²) in [6.07, 6.45) is 1.01. The SMILES string of the molecule is CCNC(=NCc1cccc(C(N)=O)c1)NCc1ccccc1CC.I. The quantitative estimate of drug-likeness (QED) is 0.333. The van der Waals surface area contributed by atoms with Gasteiger partial charge in [0, 0.05) is 18.7 Å². The van der Waals surface area contributed by atoms with Crippen LogP contribution in [0.15, 0.2) is 53.5 Å². The van der Waals surface area contributed by atoms with Gasteiger partial charge in [0.2, 0.25) is 5.91 Å². The molecule has 0 saturated carbocycles. The third kappa shape index (κ3) is 6.67. The van der Waals surface area contributed by atoms with E-state index < -0.39 is 5.91 Å². The first kappa shape index (κ1) is 22.0. The van der Waals surface area contributed by atoms with E-state index in [0.717, 1.165) is 31.0 Å². The molecule has 0 aliphatic rings. The van der Waals surface area contributed by atoms with E-state index in [9.17, 15) is 4.79 Å². The highest BCUT2D eigenvalue weighted by molar-refractivity contribution is 14.0. The molecule has 0 spiro atoms. The van der Waals surface area contributed by atoms with Crippen molar-refractivity contribution in [1.29, 1.82) is 0 Å². The Balaban J connectivity index is 0.00000338. The Morgan fingerprint density at radius 1 is 1.04 bits per heavy atom. The molecule has 0 saturated heterocycles. The second-order valence-corrected chi connectivity index (χ2v) is 5.74. The summed E-state index contributed by atoms with van der Waals surface area (Å²) in [6.45, 7) is 6.17. The number of guanidine groups is 1. The molecule has 1 amide bonds. The minimum Gasteiger partial charge on any atom is -0.366 e. The third-order valence-electron chi connectivity index (χ3n) is 3.92. The maximum atomic E-state index is 11.3. The summed E-state index contributed by atoms with van der Waals surface area (Å²) in [5.41, 5.74) is 9.38. The lowest BCUT2D eigenvalue weighted by Crippen LogP contribution is -2.37. The largest absolute Gasteiger partial charge is 0.366 e. The van der Waals surface area contributed by atoms with E-state index in [1.807, 2.05) is 19.1 Å². The zero-order valence-corrected chi connectivity index (χ0v) is 17.6. The van der Waals surface area contributed by atoms with E-state index in [-0.39, 0.29) is 24.0 Å². The topological polar surface area (TPSA) is 79.5 Å². The number of hydrogen-bond donors (Lipinski definition) is 3. The van der Waals surface area contributed by atoms with E-state index in [2.05, 4.69) is 46.8 Å². The molecule has 140 valence electrons. The number of aryl methyl sites for hydroxylation is 1. The number of rotatable bonds is 7. The van der Waals surface area contributed by atoms with Crippen LogP contribution in [0.1, 0.15) is 40.9 Å². The number of nitrogens with two attached hydrogens (primary N) is 1. The number of nitrogens with one attached hydrogen (secondary N) is 2. The molecule has 0 aliphatic heterocycles. The second-order valence-electron chi connectivity index (χ2n) is 5.74. The highest BCUT2D eigenvalue weighted by Gasteiger charge is 2.04. The summed E-state index contributed by atoms with van der Waals surface area (Å²) >= 11 is 0. The Labute approximate surface area is 172 Å². The Hall–Kier alpha value is -2.09. The summed E-state index contributed by atoms with van der Waals surface area (Å²) in [5, 5.41) is 6.61. The van der Waals surface area contributed by atoms with Crippen molar-refractivity contribution < 1.29 is 4.79 Å². The third-order valence-corrected chi connectivity index (χ3v) is 3.92. The van der Waals surface area contributed by atoms with Gasteiger partial charge < -0.3 is 16.4 Å². The summed E-state index contributed by atoms with van der Waals surface area (Å²) in [5.74, 6) is 0.324. The maximum Gasteiger partial charge on any atom is 0.248 e. The molecule has 26 heavy (non-hydrogen) atoms. The number of halogens is 1. The van der Waals surface area contributed by atoms with Crippen LogP contribution in [0, 0.1) is 0 Å². The molecule has 0 aliphatic carbocycles. The minimum absolute atomic E-state index is 0. The molecule has 0 radical (unpaired) electrons. The summed E-state index contributed by atoms with van der Waals surface area (Å²) in [6, 6.07) is 15.6. The van der Waals surface area contributed by atoms with Crippen molar-refractivity contribution in [3.8, 4) is 0 Å². The smallest absolute Gasteiger partial charge is 0.248 e. The standard InChI is InChI=1S/C20H26N4O.HI/c1-3-16-9-5-6-10-18(16)14-24-20(22-4-2)23-13-15-8-7-11-17(12-15)19(21)25;/h5-12H,3-4,13-14H2,1-2H3,(H2,21,25)(H2,22,23,24);1H. The lowest BCUT2D eigenvalue weighted by molar-refractivity contribution is 0.1000. The molecule has 0 atom stereocenters. The highest BCUT2D eigenvalue weighted by atomic mass is 127. The number of benzene rings is 2. The number of primary amides is 1. The van der Waals surface area contributed by atoms with Gasteiger partial charge in [-0.2, -0.15) is 0 Å². The van der Waals surface area contributed by atoms with E-state index in [1.54, 1.807) is 12.1 Å². The van der Waals surface area contributed by atoms with Crippen molar-refractivity contribution >= 4 is 35.8 Å². The number of carbonyl (C=O) groups is 1. The minimum atomic E-state index is -0.424. The van der Waals surface area contributed by atoms with Crippen LogP contribution in [0.5, 0.6) is 0 Å². The van der Waals surface area contributed by atoms with Crippen molar-refractivity contribution in [2.75, 3.05) is 6.54 Å². The predicted molar refractivity (Wildman–Crippen MR) is 118 cm³/mol. The number of nitrogens with zero attached hydrogens (tertiary/aromatic N) is 1. The zero-order valence-electron chi connectivity index (χ0n) is 15.3. The molecule has 0 bridgehead atoms. The molecule has 5 nitrogen and oxygen atoms in total. The van der Waals surface area contributed by atoms with Gasteiger partial charge in [-0.15, -0.1) is 24.0 Å². The Bertz CT molecular complexity index is 746. The van der Waals surface area contributed by atoms with Crippen LogP contribution in [0.25, 0.3) is 0 Å². The molecular formula is C20H27IN4O. The molecule has 2 aromatic rings. The van der Waals surface area contributed by atoms with Crippen molar-refractivity contribution in [1.82, 2.24) is 10.6 Å². The van der Waals surface area contributed by atoms with Crippen molar-refractivity contribution in [3.63, 3.8) is 0 Å². The van der Waals surface area contributed by atoms with Crippen LogP contribution in [-0.2, 0) is 19.5 Å². The van der Waals surface area contributed by atoms with Crippen LogP contribution in [0.2, 0.25) is 0 Å². The van der Waals surface area contributed by atoms with Crippen molar-refractivity contribution in [2.24, 2.45) is 10.7 Å². The number of carbonyl (C=O) groups excluding carboxylic acids is 1. The van der Waals surface area contributed by atoms with Gasteiger partial charge in [0.15, 0.2) is 5.96 Å². The van der Waals surface area contributed by atoms with Gasteiger partial charge in [-0.3, -0.25) is 4.79 Å². The van der Waals surface area contributed by atoms with Crippen LogP contribution in [0.3, 0.4) is 0 Å². The average Bonchev–Trinajstić information content (AvgIpc) is 2.64. The van der Waals surface area contributed by atoms with Crippen LogP contribution in [0.4, 0.5) is 0 Å². The zero-order chi connectivity index (χ0) is 18.1. The molecule has 6 heteroatoms. The number of aliphatic imine (C=N–C) groups is 1. The Kier molecular flexibility index (Phi) is 9.72. The summed E-state index contributed by atoms with van der Waals surface area (Å²) < 4.78 is 0. The summed E-state index contributed by atoms with van der Waals surface area (Å²) in [4.78, 5) is 15.9. The number of hydrogen-bond acceptors (Lipinski definition) is 2. The number of amides is 1. The molecule has 2 rings (SSSR count). The fourth-order valence-electron chi connectivity index (χ4n) is 2.59. The van der Waals surface area contributed by atoms with E-state index >= 15 is 0 Å². The van der Waals surface area contributed by atoms with Crippen LogP contribution >= 0.6 is 24.0 Å².